The summed E-state index contributed by atoms with van der Waals surface area (Å²) in [4.78, 5) is 9.88. The van der Waals surface area contributed by atoms with Crippen molar-refractivity contribution in [1.29, 1.82) is 0 Å². The number of nitrogen functional groups attached to an aromatic ring is 1. The first-order valence-electron chi connectivity index (χ1n) is 5.88. The minimum absolute atomic E-state index is 0.620. The van der Waals surface area contributed by atoms with Gasteiger partial charge in [-0.2, -0.15) is 0 Å². The van der Waals surface area contributed by atoms with Crippen molar-refractivity contribution < 1.29 is 0 Å². The molecule has 0 saturated heterocycles. The van der Waals surface area contributed by atoms with Crippen LogP contribution >= 0.6 is 23.1 Å². The van der Waals surface area contributed by atoms with E-state index in [0.717, 1.165) is 27.0 Å². The topological polar surface area (TPSA) is 94.5 Å². The summed E-state index contributed by atoms with van der Waals surface area (Å²) in [6.45, 7) is 1.92. The first-order valence-corrected chi connectivity index (χ1v) is 7.75. The molecule has 0 aliphatic rings. The summed E-state index contributed by atoms with van der Waals surface area (Å²) in [6.07, 6.45) is 0. The lowest BCUT2D eigenvalue weighted by Gasteiger charge is -2.05. The Labute approximate surface area is 123 Å². The number of hydrazine groups is 1. The van der Waals surface area contributed by atoms with E-state index in [1.54, 1.807) is 23.1 Å². The van der Waals surface area contributed by atoms with Crippen LogP contribution in [0.4, 0.5) is 5.82 Å². The molecule has 104 valence electrons. The largest absolute Gasteiger partial charge is 0.309 e. The molecule has 7 nitrogen and oxygen atoms in total. The summed E-state index contributed by atoms with van der Waals surface area (Å²) < 4.78 is 1.94. The number of nitrogens with two attached hydrogens (primary N) is 1. The SMILES string of the molecule is Cc1nnc(SCc2nc(NN)c3ccsc3n2)n1C. The fourth-order valence-electron chi connectivity index (χ4n) is 1.72. The van der Waals surface area contributed by atoms with Crippen molar-refractivity contribution >= 4 is 39.1 Å². The molecule has 0 spiro atoms. The summed E-state index contributed by atoms with van der Waals surface area (Å²) in [5.41, 5.74) is 2.62. The lowest BCUT2D eigenvalue weighted by molar-refractivity contribution is 0.765. The predicted octanol–water partition coefficient (Wildman–Crippen LogP) is 1.71. The third-order valence-corrected chi connectivity index (χ3v) is 4.71. The number of fused-ring (bicyclic) bond motifs is 1. The Morgan fingerprint density at radius 3 is 2.95 bits per heavy atom. The van der Waals surface area contributed by atoms with Crippen LogP contribution in [-0.2, 0) is 12.8 Å². The van der Waals surface area contributed by atoms with Gasteiger partial charge in [0.15, 0.2) is 11.0 Å². The van der Waals surface area contributed by atoms with Crippen LogP contribution in [0.25, 0.3) is 10.2 Å². The molecule has 0 saturated carbocycles. The molecule has 0 unspecified atom stereocenters. The number of hydrogen-bond donors (Lipinski definition) is 2. The van der Waals surface area contributed by atoms with Crippen molar-refractivity contribution in [3.05, 3.63) is 23.1 Å². The Morgan fingerprint density at radius 2 is 2.25 bits per heavy atom. The second-order valence-electron chi connectivity index (χ2n) is 4.15. The number of thioether (sulfide) groups is 1. The number of rotatable bonds is 4. The second-order valence-corrected chi connectivity index (χ2v) is 5.99. The molecule has 9 heteroatoms. The van der Waals surface area contributed by atoms with E-state index in [4.69, 9.17) is 5.84 Å². The number of anilines is 1. The van der Waals surface area contributed by atoms with Gasteiger partial charge in [-0.05, 0) is 18.4 Å². The molecule has 3 heterocycles. The predicted molar refractivity (Wildman–Crippen MR) is 80.5 cm³/mol. The van der Waals surface area contributed by atoms with E-state index in [2.05, 4.69) is 25.6 Å². The number of nitrogens with one attached hydrogen (secondary N) is 1. The zero-order chi connectivity index (χ0) is 14.1. The van der Waals surface area contributed by atoms with E-state index in [9.17, 15) is 0 Å². The Hall–Kier alpha value is -1.71. The highest BCUT2D eigenvalue weighted by Crippen LogP contribution is 2.26. The van der Waals surface area contributed by atoms with Crippen molar-refractivity contribution in [2.24, 2.45) is 12.9 Å². The summed E-state index contributed by atoms with van der Waals surface area (Å²) in [7, 11) is 1.94. The lowest BCUT2D eigenvalue weighted by Crippen LogP contribution is -2.10. The van der Waals surface area contributed by atoms with Gasteiger partial charge in [0.1, 0.15) is 16.5 Å². The second kappa shape index (κ2) is 5.35. The Kier molecular flexibility index (Phi) is 3.55. The van der Waals surface area contributed by atoms with Crippen LogP contribution in [0.3, 0.4) is 0 Å². The molecule has 3 rings (SSSR count). The normalized spacial score (nSPS) is 11.2. The molecule has 0 amide bonds. The standard InChI is InChI=1S/C11H13N7S2/c1-6-16-17-11(18(6)2)20-5-8-13-9(15-12)7-3-4-19-10(7)14-8/h3-4H,5,12H2,1-2H3,(H,13,14,15). The average Bonchev–Trinajstić information content (AvgIpc) is 3.04. The van der Waals surface area contributed by atoms with Gasteiger partial charge in [0.05, 0.1) is 11.1 Å². The van der Waals surface area contributed by atoms with Crippen molar-refractivity contribution in [2.75, 3.05) is 5.43 Å². The maximum absolute atomic E-state index is 5.51. The zero-order valence-corrected chi connectivity index (χ0v) is 12.6. The highest BCUT2D eigenvalue weighted by Gasteiger charge is 2.11. The molecule has 0 bridgehead atoms. The zero-order valence-electron chi connectivity index (χ0n) is 11.0. The van der Waals surface area contributed by atoms with Crippen LogP contribution in [0.1, 0.15) is 11.6 Å². The first-order chi connectivity index (χ1) is 9.69. The van der Waals surface area contributed by atoms with Crippen LogP contribution in [0.15, 0.2) is 16.6 Å². The third kappa shape index (κ3) is 2.35. The quantitative estimate of drug-likeness (QED) is 0.430. The van der Waals surface area contributed by atoms with Gasteiger partial charge in [-0.3, -0.25) is 0 Å². The summed E-state index contributed by atoms with van der Waals surface area (Å²) in [5, 5.41) is 11.9. The fraction of sp³-hybridized carbons (Fsp3) is 0.273. The van der Waals surface area contributed by atoms with Gasteiger partial charge >= 0.3 is 0 Å². The number of aryl methyl sites for hydroxylation is 1. The molecule has 0 aromatic carbocycles. The minimum Gasteiger partial charge on any atom is -0.309 e. The van der Waals surface area contributed by atoms with E-state index in [1.807, 2.05) is 30.0 Å². The van der Waals surface area contributed by atoms with Gasteiger partial charge in [-0.25, -0.2) is 15.8 Å². The molecule has 3 aromatic rings. The molecule has 0 atom stereocenters. The van der Waals surface area contributed by atoms with Gasteiger partial charge in [0.25, 0.3) is 0 Å². The molecule has 0 aliphatic carbocycles. The number of hydrogen-bond acceptors (Lipinski definition) is 8. The monoisotopic (exact) mass is 307 g/mol. The molecule has 0 fully saturated rings. The van der Waals surface area contributed by atoms with E-state index >= 15 is 0 Å². The molecular weight excluding hydrogens is 294 g/mol. The Balaban J connectivity index is 1.85. The van der Waals surface area contributed by atoms with Gasteiger partial charge in [-0.15, -0.1) is 21.5 Å². The number of nitrogens with zero attached hydrogens (tertiary/aromatic N) is 5. The van der Waals surface area contributed by atoms with Crippen LogP contribution in [0, 0.1) is 6.92 Å². The molecule has 0 radical (unpaired) electrons. The van der Waals surface area contributed by atoms with Crippen molar-refractivity contribution in [3.63, 3.8) is 0 Å². The molecule has 3 aromatic heterocycles. The highest BCUT2D eigenvalue weighted by molar-refractivity contribution is 7.98. The van der Waals surface area contributed by atoms with Crippen molar-refractivity contribution in [1.82, 2.24) is 24.7 Å². The van der Waals surface area contributed by atoms with Crippen LogP contribution in [-0.4, -0.2) is 24.7 Å². The Bertz CT molecular complexity index is 748. The average molecular weight is 307 g/mol. The van der Waals surface area contributed by atoms with Crippen LogP contribution in [0.5, 0.6) is 0 Å². The van der Waals surface area contributed by atoms with Gasteiger partial charge < -0.3 is 9.99 Å². The summed E-state index contributed by atoms with van der Waals surface area (Å²) >= 11 is 3.12. The maximum atomic E-state index is 5.51. The summed E-state index contributed by atoms with van der Waals surface area (Å²) in [6, 6.07) is 1.96. The summed E-state index contributed by atoms with van der Waals surface area (Å²) in [5.74, 6) is 8.38. The smallest absolute Gasteiger partial charge is 0.191 e. The molecule has 3 N–H and O–H groups in total. The number of thiophene rings is 1. The highest BCUT2D eigenvalue weighted by atomic mass is 32.2. The Morgan fingerprint density at radius 1 is 1.40 bits per heavy atom. The first kappa shape index (κ1) is 13.3. The molecule has 20 heavy (non-hydrogen) atoms. The van der Waals surface area contributed by atoms with Crippen LogP contribution < -0.4 is 11.3 Å². The van der Waals surface area contributed by atoms with Crippen molar-refractivity contribution in [3.8, 4) is 0 Å². The lowest BCUT2D eigenvalue weighted by atomic mass is 10.4. The van der Waals surface area contributed by atoms with Gasteiger partial charge in [0, 0.05) is 7.05 Å². The van der Waals surface area contributed by atoms with Crippen molar-refractivity contribution in [2.45, 2.75) is 17.8 Å². The van der Waals surface area contributed by atoms with E-state index in [-0.39, 0.29) is 0 Å². The third-order valence-electron chi connectivity index (χ3n) is 2.89. The molecular formula is C11H13N7S2. The van der Waals surface area contributed by atoms with Gasteiger partial charge in [-0.1, -0.05) is 11.8 Å². The minimum atomic E-state index is 0.620. The molecule has 0 aliphatic heterocycles. The van der Waals surface area contributed by atoms with E-state index in [1.165, 1.54) is 0 Å². The van der Waals surface area contributed by atoms with Crippen LogP contribution in [0.2, 0.25) is 0 Å². The van der Waals surface area contributed by atoms with E-state index < -0.39 is 0 Å². The number of aromatic nitrogens is 5. The van der Waals surface area contributed by atoms with Gasteiger partial charge in [0.2, 0.25) is 0 Å². The van der Waals surface area contributed by atoms with E-state index in [0.29, 0.717) is 11.6 Å². The maximum Gasteiger partial charge on any atom is 0.191 e. The fourth-order valence-corrected chi connectivity index (χ4v) is 3.31.